The molecule has 210 valence electrons. The minimum absolute atomic E-state index is 0.0684. The van der Waals surface area contributed by atoms with Crippen molar-refractivity contribution in [2.24, 2.45) is 5.92 Å². The van der Waals surface area contributed by atoms with Gasteiger partial charge >= 0.3 is 0 Å². The van der Waals surface area contributed by atoms with Gasteiger partial charge in [-0.25, -0.2) is 0 Å². The van der Waals surface area contributed by atoms with Gasteiger partial charge < -0.3 is 29.1 Å². The molecule has 0 aliphatic carbocycles. The lowest BCUT2D eigenvalue weighted by molar-refractivity contribution is -0.140. The van der Waals surface area contributed by atoms with Crippen LogP contribution in [0.3, 0.4) is 0 Å². The normalized spacial score (nSPS) is 18.3. The van der Waals surface area contributed by atoms with E-state index in [9.17, 15) is 14.7 Å². The maximum atomic E-state index is 13.4. The lowest BCUT2D eigenvalue weighted by Crippen LogP contribution is -2.33. The first-order valence-electron chi connectivity index (χ1n) is 14.0. The van der Waals surface area contributed by atoms with E-state index in [0.29, 0.717) is 61.5 Å². The minimum Gasteiger partial charge on any atom is -0.507 e. The summed E-state index contributed by atoms with van der Waals surface area (Å²) in [6.07, 6.45) is 1.62. The number of hydrogen-bond acceptors (Lipinski definition) is 7. The van der Waals surface area contributed by atoms with E-state index >= 15 is 0 Å². The molecule has 1 N–H and O–H groups in total. The van der Waals surface area contributed by atoms with Crippen molar-refractivity contribution < 1.29 is 28.9 Å². The van der Waals surface area contributed by atoms with Gasteiger partial charge in [0.05, 0.1) is 18.2 Å². The second-order valence-electron chi connectivity index (χ2n) is 10.3. The molecule has 8 heteroatoms. The molecule has 0 radical (unpaired) electrons. The first kappa shape index (κ1) is 28.5. The number of carbonyl (C=O) groups excluding carboxylic acids is 2. The van der Waals surface area contributed by atoms with Gasteiger partial charge in [-0.3, -0.25) is 9.59 Å². The Labute approximate surface area is 231 Å². The number of fused-ring (bicyclic) bond motifs is 1. The van der Waals surface area contributed by atoms with Gasteiger partial charge in [-0.1, -0.05) is 39.8 Å². The number of aliphatic hydroxyl groups excluding tert-OH is 1. The quantitative estimate of drug-likeness (QED) is 0.231. The molecule has 1 amide bonds. The molecule has 0 bridgehead atoms. The summed E-state index contributed by atoms with van der Waals surface area (Å²) in [7, 11) is 0. The summed E-state index contributed by atoms with van der Waals surface area (Å²) in [6, 6.07) is 11.8. The average molecular weight is 537 g/mol. The molecule has 0 aromatic heterocycles. The highest BCUT2D eigenvalue weighted by atomic mass is 16.6. The highest BCUT2D eigenvalue weighted by Crippen LogP contribution is 2.41. The van der Waals surface area contributed by atoms with E-state index in [0.717, 1.165) is 31.6 Å². The van der Waals surface area contributed by atoms with E-state index in [1.807, 2.05) is 24.3 Å². The summed E-state index contributed by atoms with van der Waals surface area (Å²) in [6.45, 7) is 12.9. The first-order chi connectivity index (χ1) is 18.8. The predicted molar refractivity (Wildman–Crippen MR) is 150 cm³/mol. The Balaban J connectivity index is 1.71. The van der Waals surface area contributed by atoms with E-state index in [2.05, 4.69) is 32.6 Å². The summed E-state index contributed by atoms with van der Waals surface area (Å²) in [5, 5.41) is 11.5. The molecule has 2 aliphatic rings. The van der Waals surface area contributed by atoms with Crippen LogP contribution in [0.2, 0.25) is 0 Å². The zero-order valence-corrected chi connectivity index (χ0v) is 23.4. The molecule has 4 rings (SSSR count). The van der Waals surface area contributed by atoms with Gasteiger partial charge in [-0.05, 0) is 74.3 Å². The van der Waals surface area contributed by atoms with Gasteiger partial charge in [0.25, 0.3) is 11.7 Å². The second kappa shape index (κ2) is 13.0. The molecule has 2 aromatic rings. The van der Waals surface area contributed by atoms with Gasteiger partial charge in [-0.2, -0.15) is 0 Å². The van der Waals surface area contributed by atoms with Gasteiger partial charge in [0, 0.05) is 12.1 Å². The molecule has 0 spiro atoms. The molecule has 2 aromatic carbocycles. The third-order valence-corrected chi connectivity index (χ3v) is 7.26. The Kier molecular flexibility index (Phi) is 9.51. The lowest BCUT2D eigenvalue weighted by atomic mass is 9.95. The number of amides is 1. The molecule has 1 atom stereocenters. The van der Waals surface area contributed by atoms with E-state index in [1.54, 1.807) is 23.1 Å². The summed E-state index contributed by atoms with van der Waals surface area (Å²) >= 11 is 0. The van der Waals surface area contributed by atoms with Crippen molar-refractivity contribution in [3.63, 3.8) is 0 Å². The van der Waals surface area contributed by atoms with Crippen LogP contribution < -0.4 is 14.2 Å². The monoisotopic (exact) mass is 536 g/mol. The molecule has 39 heavy (non-hydrogen) atoms. The summed E-state index contributed by atoms with van der Waals surface area (Å²) < 4.78 is 17.3. The van der Waals surface area contributed by atoms with Crippen LogP contribution in [0.5, 0.6) is 17.2 Å². The molecule has 0 unspecified atom stereocenters. The molecule has 8 nitrogen and oxygen atoms in total. The third-order valence-electron chi connectivity index (χ3n) is 7.26. The van der Waals surface area contributed by atoms with Crippen LogP contribution in [0.25, 0.3) is 5.76 Å². The zero-order chi connectivity index (χ0) is 27.9. The number of carbonyl (C=O) groups is 2. The highest BCUT2D eigenvalue weighted by molar-refractivity contribution is 6.46. The Morgan fingerprint density at radius 1 is 1.08 bits per heavy atom. The van der Waals surface area contributed by atoms with E-state index < -0.39 is 17.7 Å². The van der Waals surface area contributed by atoms with Crippen LogP contribution in [0.1, 0.15) is 57.7 Å². The topological polar surface area (TPSA) is 88.5 Å². The van der Waals surface area contributed by atoms with Crippen LogP contribution in [-0.2, 0) is 9.59 Å². The van der Waals surface area contributed by atoms with Crippen molar-refractivity contribution in [2.45, 2.75) is 46.6 Å². The molecular formula is C31H40N2O6. The Morgan fingerprint density at radius 3 is 2.54 bits per heavy atom. The highest BCUT2D eigenvalue weighted by Gasteiger charge is 2.46. The van der Waals surface area contributed by atoms with Crippen LogP contribution in [-0.4, -0.2) is 72.6 Å². The standard InChI is InChI=1S/C31H40N2O6/c1-5-32(6-2)14-8-15-33-28(22-9-7-10-24(19-22)37-16-13-21(3)4)27(30(35)31(33)36)29(34)23-11-12-25-26(20-23)39-18-17-38-25/h7,9-12,19-21,28,34H,5-6,8,13-18H2,1-4H3/t28-/m0/s1. The van der Waals surface area contributed by atoms with Crippen LogP contribution in [0.15, 0.2) is 48.0 Å². The van der Waals surface area contributed by atoms with Crippen molar-refractivity contribution in [3.8, 4) is 17.2 Å². The van der Waals surface area contributed by atoms with Crippen molar-refractivity contribution in [1.29, 1.82) is 0 Å². The fourth-order valence-electron chi connectivity index (χ4n) is 4.99. The number of Topliss-reactive ketones (excluding diaryl/α,β-unsaturated/α-hetero) is 1. The number of aliphatic hydroxyl groups is 1. The summed E-state index contributed by atoms with van der Waals surface area (Å²) in [4.78, 5) is 30.7. The Morgan fingerprint density at radius 2 is 1.82 bits per heavy atom. The molecule has 1 fully saturated rings. The molecular weight excluding hydrogens is 496 g/mol. The van der Waals surface area contributed by atoms with Gasteiger partial charge in [-0.15, -0.1) is 0 Å². The molecule has 2 aliphatic heterocycles. The van der Waals surface area contributed by atoms with E-state index in [-0.39, 0.29) is 11.3 Å². The number of hydrogen-bond donors (Lipinski definition) is 1. The number of ether oxygens (including phenoxy) is 3. The van der Waals surface area contributed by atoms with Crippen LogP contribution in [0, 0.1) is 5.92 Å². The maximum absolute atomic E-state index is 13.4. The fraction of sp³-hybridized carbons (Fsp3) is 0.484. The number of likely N-dealkylation sites (tertiary alicyclic amines) is 1. The van der Waals surface area contributed by atoms with Crippen LogP contribution in [0.4, 0.5) is 0 Å². The number of rotatable bonds is 12. The first-order valence-corrected chi connectivity index (χ1v) is 14.0. The van der Waals surface area contributed by atoms with Gasteiger partial charge in [0.1, 0.15) is 24.7 Å². The molecule has 1 saturated heterocycles. The average Bonchev–Trinajstić information content (AvgIpc) is 3.19. The van der Waals surface area contributed by atoms with Crippen molar-refractivity contribution >= 4 is 17.4 Å². The van der Waals surface area contributed by atoms with Crippen LogP contribution >= 0.6 is 0 Å². The van der Waals surface area contributed by atoms with Crippen molar-refractivity contribution in [2.75, 3.05) is 46.0 Å². The minimum atomic E-state index is -0.733. The third kappa shape index (κ3) is 6.56. The summed E-state index contributed by atoms with van der Waals surface area (Å²) in [5.41, 5.74) is 1.19. The summed E-state index contributed by atoms with van der Waals surface area (Å²) in [5.74, 6) is 0.727. The largest absolute Gasteiger partial charge is 0.507 e. The number of nitrogens with zero attached hydrogens (tertiary/aromatic N) is 2. The Bertz CT molecular complexity index is 1200. The smallest absolute Gasteiger partial charge is 0.295 e. The second-order valence-corrected chi connectivity index (χ2v) is 10.3. The molecule has 0 saturated carbocycles. The fourth-order valence-corrected chi connectivity index (χ4v) is 4.99. The van der Waals surface area contributed by atoms with Gasteiger partial charge in [0.2, 0.25) is 0 Å². The van der Waals surface area contributed by atoms with Crippen molar-refractivity contribution in [3.05, 3.63) is 59.2 Å². The Hall–Kier alpha value is -3.52. The zero-order valence-electron chi connectivity index (χ0n) is 23.4. The SMILES string of the molecule is CCN(CC)CCCN1C(=O)C(=O)C(=C(O)c2ccc3c(c2)OCCO3)[C@@H]1c1cccc(OCCC(C)C)c1. The molecule has 2 heterocycles. The number of benzene rings is 2. The predicted octanol–water partition coefficient (Wildman–Crippen LogP) is 5.04. The van der Waals surface area contributed by atoms with Gasteiger partial charge in [0.15, 0.2) is 11.5 Å². The number of ketones is 1. The van der Waals surface area contributed by atoms with Crippen molar-refractivity contribution in [1.82, 2.24) is 9.80 Å². The van der Waals surface area contributed by atoms with E-state index in [4.69, 9.17) is 14.2 Å². The van der Waals surface area contributed by atoms with E-state index in [1.165, 1.54) is 0 Å². The lowest BCUT2D eigenvalue weighted by Gasteiger charge is -2.27. The maximum Gasteiger partial charge on any atom is 0.295 e.